The van der Waals surface area contributed by atoms with Crippen molar-refractivity contribution >= 4 is 50.0 Å². The van der Waals surface area contributed by atoms with Crippen LogP contribution in [0.25, 0.3) is 27.1 Å². The number of aryl methyl sites for hydroxylation is 1. The molecule has 0 aliphatic heterocycles. The molecule has 0 bridgehead atoms. The molecule has 2 aromatic carbocycles. The SMILES string of the molecule is CC[n+]1c(C=C(C)Cl)sc2ccc3ccccc3c21.[Cl-]. The van der Waals surface area contributed by atoms with E-state index in [0.29, 0.717) is 0 Å². The Kier molecular flexibility index (Phi) is 4.69. The standard InChI is InChI=1S/C16H15ClNS.ClH/c1-3-18-15(10-11(2)17)19-14-9-8-12-6-4-5-7-13(12)16(14)18;/h4-10H,3H2,1-2H3;1H/q+1;/p-1. The molecule has 1 nitrogen and oxygen atoms in total. The second kappa shape index (κ2) is 6.13. The number of nitrogens with zero attached hydrogens (tertiary/aromatic N) is 1. The molecule has 0 spiro atoms. The van der Waals surface area contributed by atoms with Crippen molar-refractivity contribution in [1.82, 2.24) is 0 Å². The molecule has 0 N–H and O–H groups in total. The maximum atomic E-state index is 6.04. The third kappa shape index (κ3) is 2.56. The lowest BCUT2D eigenvalue weighted by atomic mass is 10.1. The van der Waals surface area contributed by atoms with E-state index < -0.39 is 0 Å². The molecule has 0 radical (unpaired) electrons. The van der Waals surface area contributed by atoms with Gasteiger partial charge in [-0.1, -0.05) is 47.2 Å². The summed E-state index contributed by atoms with van der Waals surface area (Å²) in [6.07, 6.45) is 2.05. The largest absolute Gasteiger partial charge is 1.00 e. The molecular formula is C16H15Cl2NS. The minimum absolute atomic E-state index is 0. The van der Waals surface area contributed by atoms with Crippen molar-refractivity contribution in [1.29, 1.82) is 0 Å². The first-order valence-electron chi connectivity index (χ1n) is 6.38. The number of thiazole rings is 1. The van der Waals surface area contributed by atoms with Crippen LogP contribution in [-0.4, -0.2) is 0 Å². The first-order valence-corrected chi connectivity index (χ1v) is 7.58. The molecule has 3 aromatic rings. The molecule has 0 atom stereocenters. The van der Waals surface area contributed by atoms with Crippen molar-refractivity contribution in [3.8, 4) is 0 Å². The molecule has 20 heavy (non-hydrogen) atoms. The number of aromatic nitrogens is 1. The van der Waals surface area contributed by atoms with Gasteiger partial charge >= 0.3 is 0 Å². The van der Waals surface area contributed by atoms with Crippen LogP contribution in [0, 0.1) is 0 Å². The fourth-order valence-electron chi connectivity index (χ4n) is 2.47. The Morgan fingerprint density at radius 2 is 2.00 bits per heavy atom. The van der Waals surface area contributed by atoms with Crippen LogP contribution in [0.15, 0.2) is 41.4 Å². The topological polar surface area (TPSA) is 3.88 Å². The van der Waals surface area contributed by atoms with Crippen molar-refractivity contribution in [3.05, 3.63) is 46.4 Å². The van der Waals surface area contributed by atoms with E-state index in [2.05, 4.69) is 47.9 Å². The number of allylic oxidation sites excluding steroid dienone is 1. The zero-order valence-corrected chi connectivity index (χ0v) is 13.7. The lowest BCUT2D eigenvalue weighted by Gasteiger charge is -1.97. The molecule has 3 rings (SSSR count). The molecule has 104 valence electrons. The van der Waals surface area contributed by atoms with Gasteiger partial charge in [0.2, 0.25) is 5.52 Å². The van der Waals surface area contributed by atoms with Gasteiger partial charge in [0, 0.05) is 11.1 Å². The summed E-state index contributed by atoms with van der Waals surface area (Å²) < 4.78 is 3.65. The third-order valence-corrected chi connectivity index (χ3v) is 4.46. The highest BCUT2D eigenvalue weighted by molar-refractivity contribution is 7.19. The van der Waals surface area contributed by atoms with Crippen LogP contribution in [0.4, 0.5) is 0 Å². The first kappa shape index (κ1) is 15.3. The average Bonchev–Trinajstić information content (AvgIpc) is 2.75. The second-order valence-electron chi connectivity index (χ2n) is 4.55. The summed E-state index contributed by atoms with van der Waals surface area (Å²) in [4.78, 5) is 0. The number of hydrogen-bond donors (Lipinski definition) is 0. The number of fused-ring (bicyclic) bond motifs is 3. The van der Waals surface area contributed by atoms with Gasteiger partial charge in [0.05, 0.1) is 5.39 Å². The fraction of sp³-hybridized carbons (Fsp3) is 0.188. The third-order valence-electron chi connectivity index (χ3n) is 3.25. The highest BCUT2D eigenvalue weighted by atomic mass is 35.5. The normalized spacial score (nSPS) is 11.8. The zero-order chi connectivity index (χ0) is 13.4. The van der Waals surface area contributed by atoms with Crippen LogP contribution in [0.2, 0.25) is 0 Å². The van der Waals surface area contributed by atoms with Gasteiger partial charge in [-0.05, 0) is 31.4 Å². The number of benzene rings is 2. The van der Waals surface area contributed by atoms with Crippen molar-refractivity contribution in [3.63, 3.8) is 0 Å². The summed E-state index contributed by atoms with van der Waals surface area (Å²) in [5.74, 6) is 0. The van der Waals surface area contributed by atoms with Crippen LogP contribution in [0.5, 0.6) is 0 Å². The number of rotatable bonds is 2. The van der Waals surface area contributed by atoms with Gasteiger partial charge in [-0.3, -0.25) is 0 Å². The zero-order valence-electron chi connectivity index (χ0n) is 11.4. The predicted octanol–water partition coefficient (Wildman–Crippen LogP) is 1.97. The Hall–Kier alpha value is -1.09. The number of hydrogen-bond acceptors (Lipinski definition) is 1. The summed E-state index contributed by atoms with van der Waals surface area (Å²) in [6, 6.07) is 12.9. The van der Waals surface area contributed by atoms with E-state index in [0.717, 1.165) is 11.6 Å². The van der Waals surface area contributed by atoms with Crippen molar-refractivity contribution in [2.45, 2.75) is 20.4 Å². The molecule has 4 heteroatoms. The Labute approximate surface area is 133 Å². The molecule has 0 fully saturated rings. The van der Waals surface area contributed by atoms with Gasteiger partial charge in [-0.25, -0.2) is 0 Å². The number of halogens is 2. The molecule has 0 saturated heterocycles. The Morgan fingerprint density at radius 1 is 1.25 bits per heavy atom. The Bertz CT molecular complexity index is 786. The van der Waals surface area contributed by atoms with Gasteiger partial charge in [0.15, 0.2) is 0 Å². The maximum absolute atomic E-state index is 6.04. The van der Waals surface area contributed by atoms with Crippen LogP contribution in [0.3, 0.4) is 0 Å². The molecule has 0 unspecified atom stereocenters. The summed E-state index contributed by atoms with van der Waals surface area (Å²) in [7, 11) is 0. The summed E-state index contributed by atoms with van der Waals surface area (Å²) in [5, 5.41) is 4.62. The molecule has 1 aromatic heterocycles. The van der Waals surface area contributed by atoms with E-state index in [1.54, 1.807) is 11.3 Å². The van der Waals surface area contributed by atoms with Gasteiger partial charge in [0.25, 0.3) is 5.01 Å². The van der Waals surface area contributed by atoms with Crippen molar-refractivity contribution in [2.24, 2.45) is 0 Å². The van der Waals surface area contributed by atoms with Gasteiger partial charge in [0.1, 0.15) is 11.2 Å². The lowest BCUT2D eigenvalue weighted by Crippen LogP contribution is -3.00. The van der Waals surface area contributed by atoms with E-state index in [-0.39, 0.29) is 12.4 Å². The van der Waals surface area contributed by atoms with E-state index in [4.69, 9.17) is 11.6 Å². The minimum atomic E-state index is 0. The summed E-state index contributed by atoms with van der Waals surface area (Å²) in [6.45, 7) is 5.04. The van der Waals surface area contributed by atoms with E-state index >= 15 is 0 Å². The smallest absolute Gasteiger partial charge is 0.263 e. The van der Waals surface area contributed by atoms with Crippen LogP contribution in [-0.2, 0) is 6.54 Å². The highest BCUT2D eigenvalue weighted by Gasteiger charge is 2.19. The molecule has 0 saturated carbocycles. The van der Waals surface area contributed by atoms with Crippen molar-refractivity contribution < 1.29 is 17.0 Å². The Morgan fingerprint density at radius 3 is 2.70 bits per heavy atom. The molecule has 1 heterocycles. The summed E-state index contributed by atoms with van der Waals surface area (Å²) >= 11 is 7.84. The lowest BCUT2D eigenvalue weighted by molar-refractivity contribution is -0.664. The van der Waals surface area contributed by atoms with Crippen LogP contribution in [0.1, 0.15) is 18.9 Å². The molecular weight excluding hydrogens is 309 g/mol. The Balaban J connectivity index is 0.00000147. The van der Waals surface area contributed by atoms with Gasteiger partial charge in [-0.2, -0.15) is 4.57 Å². The molecule has 0 amide bonds. The first-order chi connectivity index (χ1) is 9.20. The van der Waals surface area contributed by atoms with Gasteiger partial charge < -0.3 is 12.4 Å². The minimum Gasteiger partial charge on any atom is -1.00 e. The fourth-order valence-corrected chi connectivity index (χ4v) is 3.88. The molecule has 0 aliphatic carbocycles. The average molecular weight is 324 g/mol. The summed E-state index contributed by atoms with van der Waals surface area (Å²) in [5.41, 5.74) is 1.31. The maximum Gasteiger partial charge on any atom is 0.263 e. The van der Waals surface area contributed by atoms with E-state index in [9.17, 15) is 0 Å². The van der Waals surface area contributed by atoms with Crippen molar-refractivity contribution in [2.75, 3.05) is 0 Å². The van der Waals surface area contributed by atoms with Gasteiger partial charge in [-0.15, -0.1) is 0 Å². The van der Waals surface area contributed by atoms with Crippen LogP contribution >= 0.6 is 22.9 Å². The second-order valence-corrected chi connectivity index (χ2v) is 6.21. The molecule has 0 aliphatic rings. The monoisotopic (exact) mass is 323 g/mol. The van der Waals surface area contributed by atoms with E-state index in [1.165, 1.54) is 26.0 Å². The van der Waals surface area contributed by atoms with E-state index in [1.807, 2.05) is 13.0 Å². The quantitative estimate of drug-likeness (QED) is 0.635. The van der Waals surface area contributed by atoms with Crippen LogP contribution < -0.4 is 17.0 Å². The highest BCUT2D eigenvalue weighted by Crippen LogP contribution is 2.29. The predicted molar refractivity (Wildman–Crippen MR) is 84.7 cm³/mol.